The van der Waals surface area contributed by atoms with E-state index in [9.17, 15) is 24.0 Å². The van der Waals surface area contributed by atoms with Crippen LogP contribution in [0.2, 0.25) is 0 Å². The van der Waals surface area contributed by atoms with Gasteiger partial charge >= 0.3 is 0 Å². The van der Waals surface area contributed by atoms with Gasteiger partial charge in [0.2, 0.25) is 17.7 Å². The standard InChI is InChI=1S/C31H53N5O6/c1-12-20(6)28(35(9)10)31(41)34-24(16-19(4)5)30(40)33-23(15-18(2)3)29(39)32-21(7)13-14-26(37)36-22(8)25(42-11)17-27(36)38/h13-14,17-24,28H,12,15-16H2,1-11H3,(H,32,39)(H,33,40)(H,34,41)/b14-13+/t20?,21-,22-,23-,24-,28?/m0/s1. The van der Waals surface area contributed by atoms with E-state index in [-0.39, 0.29) is 23.7 Å². The van der Waals surface area contributed by atoms with Crippen molar-refractivity contribution < 1.29 is 28.7 Å². The van der Waals surface area contributed by atoms with E-state index in [0.29, 0.717) is 18.6 Å². The summed E-state index contributed by atoms with van der Waals surface area (Å²) in [5, 5.41) is 8.63. The van der Waals surface area contributed by atoms with Crippen LogP contribution in [0.1, 0.15) is 74.7 Å². The quantitative estimate of drug-likeness (QED) is 0.234. The SMILES string of the molecule is CCC(C)C(C(=O)N[C@@H](CC(C)C)C(=O)N[C@@H](CC(C)C)C(=O)N[C@@H](C)/C=C/C(=O)N1C(=O)C=C(OC)[C@@H]1C)N(C)C. The van der Waals surface area contributed by atoms with Crippen LogP contribution in [0.15, 0.2) is 24.0 Å². The topological polar surface area (TPSA) is 137 Å². The molecule has 0 spiro atoms. The van der Waals surface area contributed by atoms with Crippen LogP contribution in [0.25, 0.3) is 0 Å². The van der Waals surface area contributed by atoms with Crippen molar-refractivity contribution in [3.8, 4) is 0 Å². The molecule has 3 N–H and O–H groups in total. The Bertz CT molecular complexity index is 1020. The van der Waals surface area contributed by atoms with Gasteiger partial charge in [-0.15, -0.1) is 0 Å². The van der Waals surface area contributed by atoms with Crippen molar-refractivity contribution in [2.45, 2.75) is 105 Å². The summed E-state index contributed by atoms with van der Waals surface area (Å²) in [6, 6.07) is -3.11. The Morgan fingerprint density at radius 1 is 0.929 bits per heavy atom. The number of carbonyl (C=O) groups is 5. The maximum Gasteiger partial charge on any atom is 0.257 e. The van der Waals surface area contributed by atoms with E-state index in [1.165, 1.54) is 25.3 Å². The number of rotatable bonds is 16. The Balaban J connectivity index is 2.99. The average molecular weight is 592 g/mol. The van der Waals surface area contributed by atoms with Crippen molar-refractivity contribution in [2.24, 2.45) is 17.8 Å². The molecule has 0 fully saturated rings. The molecular weight excluding hydrogens is 538 g/mol. The minimum Gasteiger partial charge on any atom is -0.499 e. The summed E-state index contributed by atoms with van der Waals surface area (Å²) in [6.07, 6.45) is 5.63. The van der Waals surface area contributed by atoms with Crippen molar-refractivity contribution in [3.05, 3.63) is 24.0 Å². The summed E-state index contributed by atoms with van der Waals surface area (Å²) in [6.45, 7) is 15.3. The van der Waals surface area contributed by atoms with Crippen LogP contribution < -0.4 is 16.0 Å². The average Bonchev–Trinajstić information content (AvgIpc) is 3.18. The van der Waals surface area contributed by atoms with E-state index in [2.05, 4.69) is 16.0 Å². The number of hydrogen-bond donors (Lipinski definition) is 3. The van der Waals surface area contributed by atoms with Gasteiger partial charge in [-0.25, -0.2) is 0 Å². The lowest BCUT2D eigenvalue weighted by Gasteiger charge is -2.31. The van der Waals surface area contributed by atoms with Crippen LogP contribution in [-0.2, 0) is 28.7 Å². The largest absolute Gasteiger partial charge is 0.499 e. The van der Waals surface area contributed by atoms with Gasteiger partial charge in [0, 0.05) is 18.2 Å². The van der Waals surface area contributed by atoms with E-state index in [0.717, 1.165) is 11.3 Å². The molecule has 0 aromatic carbocycles. The molecule has 0 aromatic heterocycles. The highest BCUT2D eigenvalue weighted by Gasteiger charge is 2.35. The van der Waals surface area contributed by atoms with Crippen molar-refractivity contribution in [1.82, 2.24) is 25.8 Å². The highest BCUT2D eigenvalue weighted by Crippen LogP contribution is 2.20. The molecule has 1 aliphatic rings. The monoisotopic (exact) mass is 591 g/mol. The molecule has 0 bridgehead atoms. The highest BCUT2D eigenvalue weighted by atomic mass is 16.5. The van der Waals surface area contributed by atoms with Crippen molar-refractivity contribution in [1.29, 1.82) is 0 Å². The maximum atomic E-state index is 13.5. The molecule has 2 unspecified atom stereocenters. The number of nitrogens with zero attached hydrogens (tertiary/aromatic N) is 2. The van der Waals surface area contributed by atoms with E-state index < -0.39 is 53.8 Å². The number of ether oxygens (including phenoxy) is 1. The molecule has 238 valence electrons. The van der Waals surface area contributed by atoms with Gasteiger partial charge in [0.1, 0.15) is 17.8 Å². The van der Waals surface area contributed by atoms with E-state index in [1.807, 2.05) is 60.5 Å². The van der Waals surface area contributed by atoms with Crippen LogP contribution in [0.5, 0.6) is 0 Å². The third-order valence-electron chi connectivity index (χ3n) is 7.36. The fourth-order valence-corrected chi connectivity index (χ4v) is 5.00. The second-order valence-electron chi connectivity index (χ2n) is 12.3. The smallest absolute Gasteiger partial charge is 0.257 e. The lowest BCUT2D eigenvalue weighted by Crippen LogP contribution is -2.57. The summed E-state index contributed by atoms with van der Waals surface area (Å²) in [5.74, 6) is -1.31. The van der Waals surface area contributed by atoms with Gasteiger partial charge in [0.05, 0.1) is 19.2 Å². The third kappa shape index (κ3) is 10.9. The zero-order valence-corrected chi connectivity index (χ0v) is 27.3. The molecule has 11 heteroatoms. The molecular formula is C31H53N5O6. The minimum absolute atomic E-state index is 0.0914. The molecule has 1 rings (SSSR count). The fourth-order valence-electron chi connectivity index (χ4n) is 5.00. The molecule has 1 heterocycles. The highest BCUT2D eigenvalue weighted by molar-refractivity contribution is 6.07. The first-order valence-corrected chi connectivity index (χ1v) is 14.9. The molecule has 0 radical (unpaired) electrons. The lowest BCUT2D eigenvalue weighted by atomic mass is 9.96. The summed E-state index contributed by atoms with van der Waals surface area (Å²) < 4.78 is 5.14. The fraction of sp³-hybridized carbons (Fsp3) is 0.710. The van der Waals surface area contributed by atoms with Gasteiger partial charge in [-0.1, -0.05) is 54.0 Å². The number of amides is 5. The second-order valence-corrected chi connectivity index (χ2v) is 12.3. The predicted molar refractivity (Wildman–Crippen MR) is 163 cm³/mol. The molecule has 42 heavy (non-hydrogen) atoms. The number of carbonyl (C=O) groups excluding carboxylic acids is 5. The first-order valence-electron chi connectivity index (χ1n) is 14.9. The van der Waals surface area contributed by atoms with Crippen LogP contribution in [0.4, 0.5) is 0 Å². The first kappa shape index (κ1) is 36.8. The van der Waals surface area contributed by atoms with Crippen LogP contribution in [0.3, 0.4) is 0 Å². The van der Waals surface area contributed by atoms with Crippen LogP contribution in [0, 0.1) is 17.8 Å². The Morgan fingerprint density at radius 2 is 1.43 bits per heavy atom. The number of hydrogen-bond acceptors (Lipinski definition) is 7. The zero-order chi connectivity index (χ0) is 32.3. The van der Waals surface area contributed by atoms with Crippen molar-refractivity contribution in [2.75, 3.05) is 21.2 Å². The Labute approximate surface area is 251 Å². The lowest BCUT2D eigenvalue weighted by molar-refractivity contribution is -0.139. The second kappa shape index (κ2) is 17.0. The predicted octanol–water partition coefficient (Wildman–Crippen LogP) is 2.37. The first-order chi connectivity index (χ1) is 19.5. The summed E-state index contributed by atoms with van der Waals surface area (Å²) in [4.78, 5) is 67.8. The summed E-state index contributed by atoms with van der Waals surface area (Å²) in [7, 11) is 5.13. The number of nitrogens with one attached hydrogen (secondary N) is 3. The van der Waals surface area contributed by atoms with Crippen LogP contribution >= 0.6 is 0 Å². The molecule has 0 aliphatic carbocycles. The van der Waals surface area contributed by atoms with Gasteiger partial charge < -0.3 is 20.7 Å². The molecule has 0 saturated heterocycles. The minimum atomic E-state index is -0.844. The summed E-state index contributed by atoms with van der Waals surface area (Å²) >= 11 is 0. The van der Waals surface area contributed by atoms with Gasteiger partial charge in [-0.05, 0) is 58.5 Å². The van der Waals surface area contributed by atoms with Gasteiger partial charge in [0.15, 0.2) is 0 Å². The number of methoxy groups -OCH3 is 1. The molecule has 11 nitrogen and oxygen atoms in total. The molecule has 0 aromatic rings. The molecule has 0 saturated carbocycles. The third-order valence-corrected chi connectivity index (χ3v) is 7.36. The van der Waals surface area contributed by atoms with Crippen molar-refractivity contribution >= 4 is 29.5 Å². The zero-order valence-electron chi connectivity index (χ0n) is 27.3. The van der Waals surface area contributed by atoms with Gasteiger partial charge in [-0.3, -0.25) is 33.8 Å². The van der Waals surface area contributed by atoms with E-state index in [4.69, 9.17) is 4.74 Å². The number of imide groups is 1. The summed E-state index contributed by atoms with van der Waals surface area (Å²) in [5.41, 5.74) is 0. The van der Waals surface area contributed by atoms with Gasteiger partial charge in [-0.2, -0.15) is 0 Å². The molecule has 1 aliphatic heterocycles. The van der Waals surface area contributed by atoms with Gasteiger partial charge in [0.25, 0.3) is 11.8 Å². The van der Waals surface area contributed by atoms with E-state index >= 15 is 0 Å². The molecule has 5 amide bonds. The Kier molecular flexibility index (Phi) is 14.9. The van der Waals surface area contributed by atoms with Crippen molar-refractivity contribution in [3.63, 3.8) is 0 Å². The Morgan fingerprint density at radius 3 is 1.86 bits per heavy atom. The number of likely N-dealkylation sites (N-methyl/N-ethyl adjacent to an activating group) is 1. The van der Waals surface area contributed by atoms with E-state index in [1.54, 1.807) is 13.8 Å². The van der Waals surface area contributed by atoms with Crippen LogP contribution in [-0.4, -0.2) is 90.8 Å². The molecule has 6 atom stereocenters. The Hall–Kier alpha value is -3.21. The normalized spacial score (nSPS) is 19.0. The maximum absolute atomic E-state index is 13.5.